The summed E-state index contributed by atoms with van der Waals surface area (Å²) in [6.07, 6.45) is 6.39. The van der Waals surface area contributed by atoms with E-state index in [0.29, 0.717) is 19.4 Å². The number of hydrogen-bond acceptors (Lipinski definition) is 4. The number of nitrogens with one attached hydrogen (secondary N) is 1. The van der Waals surface area contributed by atoms with Crippen molar-refractivity contribution >= 4 is 21.6 Å². The van der Waals surface area contributed by atoms with Gasteiger partial charge in [0.2, 0.25) is 15.9 Å². The molecule has 0 fully saturated rings. The van der Waals surface area contributed by atoms with Crippen LogP contribution in [0.3, 0.4) is 0 Å². The quantitative estimate of drug-likeness (QED) is 0.250. The molecule has 41 heavy (non-hydrogen) atoms. The van der Waals surface area contributed by atoms with Crippen LogP contribution in [0.15, 0.2) is 90.1 Å². The third-order valence-corrected chi connectivity index (χ3v) is 9.24. The molecule has 8 heteroatoms. The molecule has 0 aliphatic heterocycles. The average molecular weight is 573 g/mol. The average Bonchev–Trinajstić information content (AvgIpc) is 3.36. The Hall–Kier alpha value is -3.75. The van der Waals surface area contributed by atoms with E-state index in [1.54, 1.807) is 35.4 Å². The van der Waals surface area contributed by atoms with Gasteiger partial charge < -0.3 is 9.47 Å². The summed E-state index contributed by atoms with van der Waals surface area (Å²) in [5.74, 6) is 0.811. The van der Waals surface area contributed by atoms with Crippen LogP contribution >= 0.6 is 0 Å². The van der Waals surface area contributed by atoms with E-state index in [0.717, 1.165) is 46.6 Å². The van der Waals surface area contributed by atoms with E-state index in [-0.39, 0.29) is 30.2 Å². The van der Waals surface area contributed by atoms with Crippen molar-refractivity contribution in [1.29, 1.82) is 0 Å². The number of sulfonamides is 1. The van der Waals surface area contributed by atoms with Gasteiger partial charge in [-0.1, -0.05) is 68.4 Å². The summed E-state index contributed by atoms with van der Waals surface area (Å²) in [6, 6.07) is 22.6. The van der Waals surface area contributed by atoms with Crippen LogP contribution in [0.1, 0.15) is 73.7 Å². The van der Waals surface area contributed by atoms with Crippen molar-refractivity contribution in [2.24, 2.45) is 7.05 Å². The van der Waals surface area contributed by atoms with Crippen LogP contribution in [-0.2, 0) is 34.8 Å². The van der Waals surface area contributed by atoms with E-state index in [2.05, 4.69) is 16.6 Å². The summed E-state index contributed by atoms with van der Waals surface area (Å²) < 4.78 is 31.4. The Balaban J connectivity index is 0.00000387. The fraction of sp³-hybridized carbons (Fsp3) is 0.333. The SMILES string of the molecule is C.Cc1ccc(S(=O)(=O)N[C@H]2CCCc3ccc(N(Cc4nccn4C)C(=O)C[C@@H](C)c4ccccc4)cc32)cc1. The van der Waals surface area contributed by atoms with Gasteiger partial charge >= 0.3 is 0 Å². The van der Waals surface area contributed by atoms with E-state index < -0.39 is 10.0 Å². The predicted octanol–water partition coefficient (Wildman–Crippen LogP) is 6.45. The number of rotatable bonds is 9. The molecule has 1 aromatic heterocycles. The van der Waals surface area contributed by atoms with Gasteiger partial charge in [0.15, 0.2) is 0 Å². The summed E-state index contributed by atoms with van der Waals surface area (Å²) in [6.45, 7) is 4.32. The molecule has 7 nitrogen and oxygen atoms in total. The van der Waals surface area contributed by atoms with Gasteiger partial charge in [0.25, 0.3) is 0 Å². The van der Waals surface area contributed by atoms with E-state index >= 15 is 0 Å². The minimum atomic E-state index is -3.71. The number of aryl methyl sites for hydroxylation is 3. The van der Waals surface area contributed by atoms with Gasteiger partial charge in [-0.2, -0.15) is 0 Å². The molecule has 0 unspecified atom stereocenters. The Morgan fingerprint density at radius 1 is 1.10 bits per heavy atom. The molecule has 0 saturated heterocycles. The van der Waals surface area contributed by atoms with Crippen molar-refractivity contribution in [2.45, 2.75) is 70.4 Å². The Kier molecular flexibility index (Phi) is 9.46. The number of nitrogens with zero attached hydrogens (tertiary/aromatic N) is 3. The van der Waals surface area contributed by atoms with Crippen LogP contribution in [-0.4, -0.2) is 23.9 Å². The summed E-state index contributed by atoms with van der Waals surface area (Å²) in [7, 11) is -1.79. The van der Waals surface area contributed by atoms with Gasteiger partial charge in [-0.3, -0.25) is 4.79 Å². The molecular formula is C33H40N4O3S. The van der Waals surface area contributed by atoms with E-state index in [4.69, 9.17) is 0 Å². The second-order valence-electron chi connectivity index (χ2n) is 10.7. The number of carbonyl (C=O) groups excluding carboxylic acids is 1. The molecule has 4 aromatic rings. The molecule has 5 rings (SSSR count). The van der Waals surface area contributed by atoms with Crippen LogP contribution in [0, 0.1) is 6.92 Å². The Labute approximate surface area is 244 Å². The lowest BCUT2D eigenvalue weighted by molar-refractivity contribution is -0.119. The van der Waals surface area contributed by atoms with Crippen molar-refractivity contribution in [1.82, 2.24) is 14.3 Å². The van der Waals surface area contributed by atoms with Gasteiger partial charge in [0, 0.05) is 37.6 Å². The van der Waals surface area contributed by atoms with Crippen molar-refractivity contribution in [2.75, 3.05) is 4.90 Å². The molecule has 1 aliphatic carbocycles. The molecule has 0 bridgehead atoms. The molecule has 0 saturated carbocycles. The number of anilines is 1. The Morgan fingerprint density at radius 3 is 2.51 bits per heavy atom. The first-order chi connectivity index (χ1) is 19.2. The lowest BCUT2D eigenvalue weighted by Crippen LogP contribution is -2.34. The summed E-state index contributed by atoms with van der Waals surface area (Å²) in [5, 5.41) is 0. The second kappa shape index (κ2) is 12.8. The molecule has 1 amide bonds. The molecule has 1 N–H and O–H groups in total. The minimum Gasteiger partial charge on any atom is -0.337 e. The zero-order valence-corrected chi connectivity index (χ0v) is 24.1. The van der Waals surface area contributed by atoms with Gasteiger partial charge in [-0.15, -0.1) is 0 Å². The van der Waals surface area contributed by atoms with Crippen molar-refractivity contribution < 1.29 is 13.2 Å². The van der Waals surface area contributed by atoms with Gasteiger partial charge in [0.1, 0.15) is 5.82 Å². The van der Waals surface area contributed by atoms with E-state index in [1.807, 2.05) is 73.3 Å². The summed E-state index contributed by atoms with van der Waals surface area (Å²) in [4.78, 5) is 20.3. The number of aromatic nitrogens is 2. The van der Waals surface area contributed by atoms with Crippen molar-refractivity contribution in [3.63, 3.8) is 0 Å². The summed E-state index contributed by atoms with van der Waals surface area (Å²) >= 11 is 0. The normalized spacial score (nSPS) is 15.4. The first-order valence-electron chi connectivity index (χ1n) is 13.7. The Bertz CT molecular complexity index is 1580. The maximum Gasteiger partial charge on any atom is 0.241 e. The number of hydrogen-bond donors (Lipinski definition) is 1. The standard InChI is InChI=1S/C32H36N4O3S.CH4/c1-23-12-16-28(17-13-23)40(38,39)34-30-11-7-10-26-14-15-27(21-29(26)30)36(22-31-33-18-19-35(31)3)32(37)20-24(2)25-8-5-4-6-9-25;/h4-6,8-9,12-19,21,24,30,34H,7,10-11,20,22H2,1-3H3;1H4/t24-,30+;/m1./s1. The molecule has 216 valence electrons. The molecule has 1 aliphatic rings. The van der Waals surface area contributed by atoms with E-state index in [9.17, 15) is 13.2 Å². The highest BCUT2D eigenvalue weighted by atomic mass is 32.2. The van der Waals surface area contributed by atoms with Gasteiger partial charge in [-0.25, -0.2) is 18.1 Å². The zero-order chi connectivity index (χ0) is 28.3. The van der Waals surface area contributed by atoms with Crippen LogP contribution < -0.4 is 9.62 Å². The molecule has 3 aromatic carbocycles. The first-order valence-corrected chi connectivity index (χ1v) is 15.2. The van der Waals surface area contributed by atoms with Crippen LogP contribution in [0.4, 0.5) is 5.69 Å². The third kappa shape index (κ3) is 6.94. The highest BCUT2D eigenvalue weighted by Gasteiger charge is 2.28. The zero-order valence-electron chi connectivity index (χ0n) is 23.2. The largest absolute Gasteiger partial charge is 0.337 e. The number of fused-ring (bicyclic) bond motifs is 1. The molecule has 0 spiro atoms. The lowest BCUT2D eigenvalue weighted by atomic mass is 9.87. The minimum absolute atomic E-state index is 0. The van der Waals surface area contributed by atoms with Crippen LogP contribution in [0.25, 0.3) is 0 Å². The van der Waals surface area contributed by atoms with E-state index in [1.165, 1.54) is 0 Å². The van der Waals surface area contributed by atoms with Gasteiger partial charge in [-0.05, 0) is 73.1 Å². The molecule has 1 heterocycles. The number of benzene rings is 3. The fourth-order valence-electron chi connectivity index (χ4n) is 5.33. The Morgan fingerprint density at radius 2 is 1.83 bits per heavy atom. The molecule has 2 atom stereocenters. The topological polar surface area (TPSA) is 84.3 Å². The van der Waals surface area contributed by atoms with Crippen molar-refractivity contribution in [3.05, 3.63) is 113 Å². The second-order valence-corrected chi connectivity index (χ2v) is 12.4. The predicted molar refractivity (Wildman–Crippen MR) is 164 cm³/mol. The summed E-state index contributed by atoms with van der Waals surface area (Å²) in [5.41, 5.74) is 4.89. The van der Waals surface area contributed by atoms with Crippen molar-refractivity contribution in [3.8, 4) is 0 Å². The number of imidazole rings is 1. The van der Waals surface area contributed by atoms with Crippen LogP contribution in [0.2, 0.25) is 0 Å². The first kappa shape index (κ1) is 30.2. The monoisotopic (exact) mass is 572 g/mol. The molecular weight excluding hydrogens is 532 g/mol. The maximum atomic E-state index is 13.8. The lowest BCUT2D eigenvalue weighted by Gasteiger charge is -2.30. The smallest absolute Gasteiger partial charge is 0.241 e. The number of amides is 1. The third-order valence-electron chi connectivity index (χ3n) is 7.76. The molecule has 0 radical (unpaired) electrons. The fourth-order valence-corrected chi connectivity index (χ4v) is 6.58. The number of carbonyl (C=O) groups is 1. The maximum absolute atomic E-state index is 13.8. The highest BCUT2D eigenvalue weighted by molar-refractivity contribution is 7.89. The highest BCUT2D eigenvalue weighted by Crippen LogP contribution is 2.35. The van der Waals surface area contributed by atoms with Gasteiger partial charge in [0.05, 0.1) is 11.4 Å². The van der Waals surface area contributed by atoms with Crippen LogP contribution in [0.5, 0.6) is 0 Å².